The Labute approximate surface area is 115 Å². The monoisotopic (exact) mass is 302 g/mol. The number of carbonyl (C=O) groups excluding carboxylic acids is 1. The van der Waals surface area contributed by atoms with Gasteiger partial charge in [-0.15, -0.1) is 11.3 Å². The number of ether oxygens (including phenoxy) is 1. The molecule has 0 unspecified atom stereocenters. The Hall–Kier alpha value is -0.960. The van der Waals surface area contributed by atoms with Crippen LogP contribution in [0.4, 0.5) is 5.00 Å². The van der Waals surface area contributed by atoms with Gasteiger partial charge in [0, 0.05) is 10.8 Å². The van der Waals surface area contributed by atoms with Gasteiger partial charge in [0.05, 0.1) is 13.2 Å². The van der Waals surface area contributed by atoms with Gasteiger partial charge in [-0.3, -0.25) is 4.79 Å². The molecule has 1 aliphatic carbocycles. The molecule has 0 saturated heterocycles. The summed E-state index contributed by atoms with van der Waals surface area (Å²) < 4.78 is 28.8. The zero-order chi connectivity index (χ0) is 13.6. The molecule has 0 aromatic carbocycles. The fraction of sp³-hybridized carbons (Fsp3) is 0.545. The van der Waals surface area contributed by atoms with Gasteiger partial charge in [-0.2, -0.15) is 0 Å². The maximum atomic E-state index is 11.8. The summed E-state index contributed by atoms with van der Waals surface area (Å²) >= 11 is 1.25. The van der Waals surface area contributed by atoms with Crippen LogP contribution >= 0.6 is 11.3 Å². The summed E-state index contributed by atoms with van der Waals surface area (Å²) in [7, 11) is -3.84. The third-order valence-electron chi connectivity index (χ3n) is 3.24. The molecule has 0 radical (unpaired) electrons. The smallest absolute Gasteiger partial charge is 0.241 e. The summed E-state index contributed by atoms with van der Waals surface area (Å²) in [5.41, 5.74) is 0.699. The van der Waals surface area contributed by atoms with Crippen LogP contribution in [0.2, 0.25) is 0 Å². The van der Waals surface area contributed by atoms with Crippen LogP contribution in [0.25, 0.3) is 0 Å². The second-order valence-electron chi connectivity index (χ2n) is 4.77. The Morgan fingerprint density at radius 1 is 1.42 bits per heavy atom. The fourth-order valence-corrected chi connectivity index (χ4v) is 4.65. The first-order chi connectivity index (χ1) is 8.97. The zero-order valence-corrected chi connectivity index (χ0v) is 11.8. The largest absolute Gasteiger partial charge is 0.376 e. The highest BCUT2D eigenvalue weighted by atomic mass is 32.2. The normalized spacial score (nSPS) is 19.0. The summed E-state index contributed by atoms with van der Waals surface area (Å²) in [6.07, 6.45) is 2.24. The number of anilines is 1. The van der Waals surface area contributed by atoms with Crippen molar-refractivity contribution in [3.8, 4) is 0 Å². The van der Waals surface area contributed by atoms with Gasteiger partial charge in [0.2, 0.25) is 15.9 Å². The molecule has 2 aliphatic rings. The summed E-state index contributed by atoms with van der Waals surface area (Å²) in [5.74, 6) is -0.104. The van der Waals surface area contributed by atoms with Gasteiger partial charge < -0.3 is 10.1 Å². The summed E-state index contributed by atoms with van der Waals surface area (Å²) in [4.78, 5) is 12.7. The Bertz CT molecular complexity index is 631. The van der Waals surface area contributed by atoms with Crippen molar-refractivity contribution in [2.24, 2.45) is 11.1 Å². The van der Waals surface area contributed by atoms with Crippen molar-refractivity contribution in [3.05, 3.63) is 10.4 Å². The van der Waals surface area contributed by atoms with E-state index in [1.54, 1.807) is 0 Å². The van der Waals surface area contributed by atoms with Crippen molar-refractivity contribution >= 4 is 32.3 Å². The van der Waals surface area contributed by atoms with Crippen molar-refractivity contribution in [1.82, 2.24) is 0 Å². The molecule has 3 N–H and O–H groups in total. The number of hydrogen-bond acceptors (Lipinski definition) is 5. The number of rotatable bonds is 3. The van der Waals surface area contributed by atoms with Crippen molar-refractivity contribution in [2.75, 3.05) is 11.9 Å². The predicted molar refractivity (Wildman–Crippen MR) is 70.4 cm³/mol. The van der Waals surface area contributed by atoms with Gasteiger partial charge in [0.1, 0.15) is 9.90 Å². The molecule has 19 heavy (non-hydrogen) atoms. The molecule has 0 atom stereocenters. The third-order valence-corrected chi connectivity index (χ3v) is 5.51. The van der Waals surface area contributed by atoms with Gasteiger partial charge in [0.15, 0.2) is 0 Å². The first-order valence-electron chi connectivity index (χ1n) is 6.03. The molecule has 0 spiro atoms. The first kappa shape index (κ1) is 13.0. The lowest BCUT2D eigenvalue weighted by molar-refractivity contribution is -0.117. The van der Waals surface area contributed by atoms with E-state index >= 15 is 0 Å². The molecule has 2 heterocycles. The lowest BCUT2D eigenvalue weighted by Crippen LogP contribution is -2.20. The highest BCUT2D eigenvalue weighted by Crippen LogP contribution is 2.40. The van der Waals surface area contributed by atoms with Crippen LogP contribution < -0.4 is 10.5 Å². The van der Waals surface area contributed by atoms with Crippen LogP contribution in [0.1, 0.15) is 23.3 Å². The van der Waals surface area contributed by atoms with Crippen molar-refractivity contribution in [2.45, 2.75) is 30.8 Å². The zero-order valence-electron chi connectivity index (χ0n) is 10.1. The van der Waals surface area contributed by atoms with Crippen LogP contribution in [-0.4, -0.2) is 20.9 Å². The number of amides is 1. The van der Waals surface area contributed by atoms with Crippen LogP contribution in [0, 0.1) is 5.92 Å². The van der Waals surface area contributed by atoms with Crippen LogP contribution in [0.5, 0.6) is 0 Å². The Morgan fingerprint density at radius 2 is 2.16 bits per heavy atom. The molecule has 1 fully saturated rings. The lowest BCUT2D eigenvalue weighted by Gasteiger charge is -2.12. The highest BCUT2D eigenvalue weighted by molar-refractivity contribution is 7.89. The number of carbonyl (C=O) groups is 1. The van der Waals surface area contributed by atoms with Gasteiger partial charge in [-0.25, -0.2) is 13.6 Å². The van der Waals surface area contributed by atoms with E-state index in [0.717, 1.165) is 17.7 Å². The summed E-state index contributed by atoms with van der Waals surface area (Å²) in [6, 6.07) is 0. The van der Waals surface area contributed by atoms with Crippen LogP contribution in [0.3, 0.4) is 0 Å². The number of nitrogens with two attached hydrogens (primary N) is 1. The quantitative estimate of drug-likeness (QED) is 0.863. The van der Waals surface area contributed by atoms with Crippen LogP contribution in [0.15, 0.2) is 4.90 Å². The molecular formula is C11H14N2O4S2. The minimum atomic E-state index is -3.84. The summed E-state index contributed by atoms with van der Waals surface area (Å²) in [6.45, 7) is 0.851. The third kappa shape index (κ3) is 2.53. The second kappa shape index (κ2) is 4.55. The molecule has 1 aromatic heterocycles. The highest BCUT2D eigenvalue weighted by Gasteiger charge is 2.33. The fourth-order valence-electron chi connectivity index (χ4n) is 2.15. The molecule has 3 rings (SSSR count). The van der Waals surface area contributed by atoms with Crippen molar-refractivity contribution < 1.29 is 17.9 Å². The Balaban J connectivity index is 2.02. The van der Waals surface area contributed by atoms with E-state index in [9.17, 15) is 13.2 Å². The van der Waals surface area contributed by atoms with Gasteiger partial charge >= 0.3 is 0 Å². The van der Waals surface area contributed by atoms with E-state index in [1.165, 1.54) is 11.3 Å². The number of nitrogens with one attached hydrogen (secondary N) is 1. The number of thiophene rings is 1. The molecule has 1 aliphatic heterocycles. The predicted octanol–water partition coefficient (Wildman–Crippen LogP) is 0.817. The van der Waals surface area contributed by atoms with Gasteiger partial charge in [-0.1, -0.05) is 0 Å². The van der Waals surface area contributed by atoms with Gasteiger partial charge in [0.25, 0.3) is 0 Å². The maximum Gasteiger partial charge on any atom is 0.241 e. The lowest BCUT2D eigenvalue weighted by atomic mass is 10.1. The molecule has 1 amide bonds. The van der Waals surface area contributed by atoms with E-state index in [1.807, 2.05) is 0 Å². The molecular weight excluding hydrogens is 288 g/mol. The van der Waals surface area contributed by atoms with E-state index in [0.29, 0.717) is 30.2 Å². The minimum Gasteiger partial charge on any atom is -0.376 e. The molecule has 104 valence electrons. The number of fused-ring (bicyclic) bond motifs is 1. The second-order valence-corrected chi connectivity index (χ2v) is 7.38. The topological polar surface area (TPSA) is 98.5 Å². The molecule has 6 nitrogen and oxygen atoms in total. The maximum absolute atomic E-state index is 11.8. The minimum absolute atomic E-state index is 0.0173. The van der Waals surface area contributed by atoms with Crippen LogP contribution in [-0.2, 0) is 32.6 Å². The number of sulfonamides is 1. The average Bonchev–Trinajstić information content (AvgIpc) is 3.09. The Morgan fingerprint density at radius 3 is 2.79 bits per heavy atom. The molecule has 0 bridgehead atoms. The standard InChI is InChI=1S/C11H14N2O4S2/c12-19(15,16)9-7-3-4-17-5-8(7)18-11(9)13-10(14)6-1-2-6/h6H,1-5H2,(H,13,14)(H2,12,15,16). The number of primary sulfonamides is 1. The first-order valence-corrected chi connectivity index (χ1v) is 8.39. The van der Waals surface area contributed by atoms with E-state index in [4.69, 9.17) is 9.88 Å². The van der Waals surface area contributed by atoms with Crippen molar-refractivity contribution in [1.29, 1.82) is 0 Å². The van der Waals surface area contributed by atoms with E-state index in [2.05, 4.69) is 5.32 Å². The SMILES string of the molecule is NS(=O)(=O)c1c(NC(=O)C2CC2)sc2c1CCOC2. The Kier molecular flexibility index (Phi) is 3.12. The average molecular weight is 302 g/mol. The van der Waals surface area contributed by atoms with Crippen molar-refractivity contribution in [3.63, 3.8) is 0 Å². The van der Waals surface area contributed by atoms with Gasteiger partial charge in [-0.05, 0) is 24.8 Å². The summed E-state index contributed by atoms with van der Waals surface area (Å²) in [5, 5.41) is 8.32. The molecule has 1 saturated carbocycles. The van der Waals surface area contributed by atoms with E-state index in [-0.39, 0.29) is 16.7 Å². The van der Waals surface area contributed by atoms with E-state index < -0.39 is 10.0 Å². The molecule has 1 aromatic rings. The molecule has 8 heteroatoms. The number of hydrogen-bond donors (Lipinski definition) is 2.